The summed E-state index contributed by atoms with van der Waals surface area (Å²) >= 11 is 2.83. The van der Waals surface area contributed by atoms with E-state index in [-0.39, 0.29) is 11.8 Å². The Morgan fingerprint density at radius 3 is 2.61 bits per heavy atom. The summed E-state index contributed by atoms with van der Waals surface area (Å²) in [6, 6.07) is 22.8. The number of benzene rings is 3. The maximum Gasteiger partial charge on any atom is 0.244 e. The van der Waals surface area contributed by atoms with Crippen molar-refractivity contribution in [2.24, 2.45) is 0 Å². The number of carbonyl (C=O) groups excluding carboxylic acids is 2. The van der Waals surface area contributed by atoms with Gasteiger partial charge >= 0.3 is 0 Å². The molecule has 0 saturated carbocycles. The maximum absolute atomic E-state index is 13.4. The average molecular weight is 478 g/mol. The van der Waals surface area contributed by atoms with E-state index in [2.05, 4.69) is 15.6 Å². The molecule has 2 amide bonds. The zero-order valence-corrected chi connectivity index (χ0v) is 19.8. The zero-order chi connectivity index (χ0) is 23.2. The van der Waals surface area contributed by atoms with Crippen LogP contribution in [-0.2, 0) is 9.59 Å². The molecule has 0 spiro atoms. The standard InChI is InChI=1S/C25H23N3O3S2/c1-3-31-19-12-13-21-22(15-19)33-25(27-21)28-24(30)23(17-8-5-4-6-9-17)32-20-11-7-10-18(14-20)26-16(2)29/h4-15,23H,3H2,1-2H3,(H,26,29)(H,27,28,30). The number of nitrogens with zero attached hydrogens (tertiary/aromatic N) is 1. The Hall–Kier alpha value is -3.36. The fourth-order valence-corrected chi connectivity index (χ4v) is 5.25. The van der Waals surface area contributed by atoms with Crippen LogP contribution in [0.3, 0.4) is 0 Å². The monoisotopic (exact) mass is 477 g/mol. The first kappa shape index (κ1) is 22.8. The summed E-state index contributed by atoms with van der Waals surface area (Å²) in [4.78, 5) is 30.2. The second-order valence-electron chi connectivity index (χ2n) is 7.19. The van der Waals surface area contributed by atoms with Gasteiger partial charge in [-0.1, -0.05) is 47.7 Å². The van der Waals surface area contributed by atoms with Gasteiger partial charge in [-0.05, 0) is 48.9 Å². The molecule has 1 heterocycles. The summed E-state index contributed by atoms with van der Waals surface area (Å²) in [6.45, 7) is 4.00. The van der Waals surface area contributed by atoms with Crippen LogP contribution in [0.25, 0.3) is 10.2 Å². The number of amides is 2. The highest BCUT2D eigenvalue weighted by atomic mass is 32.2. The van der Waals surface area contributed by atoms with Gasteiger partial charge in [0.05, 0.1) is 16.8 Å². The largest absolute Gasteiger partial charge is 0.494 e. The predicted octanol–water partition coefficient (Wildman–Crippen LogP) is 6.13. The van der Waals surface area contributed by atoms with E-state index >= 15 is 0 Å². The number of rotatable bonds is 8. The molecule has 2 N–H and O–H groups in total. The molecule has 0 fully saturated rings. The van der Waals surface area contributed by atoms with E-state index in [1.165, 1.54) is 30.0 Å². The third kappa shape index (κ3) is 5.91. The van der Waals surface area contributed by atoms with Crippen molar-refractivity contribution in [2.45, 2.75) is 24.0 Å². The minimum absolute atomic E-state index is 0.141. The molecule has 4 aromatic rings. The molecule has 0 radical (unpaired) electrons. The number of carbonyl (C=O) groups is 2. The van der Waals surface area contributed by atoms with E-state index in [1.54, 1.807) is 0 Å². The Kier molecular flexibility index (Phi) is 7.26. The molecular weight excluding hydrogens is 454 g/mol. The second kappa shape index (κ2) is 10.5. The zero-order valence-electron chi connectivity index (χ0n) is 18.2. The quantitative estimate of drug-likeness (QED) is 0.299. The van der Waals surface area contributed by atoms with E-state index in [4.69, 9.17) is 4.74 Å². The summed E-state index contributed by atoms with van der Waals surface area (Å²) in [6.07, 6.45) is 0. The highest BCUT2D eigenvalue weighted by Crippen LogP contribution is 2.38. The second-order valence-corrected chi connectivity index (χ2v) is 9.40. The smallest absolute Gasteiger partial charge is 0.244 e. The number of fused-ring (bicyclic) bond motifs is 1. The number of hydrogen-bond donors (Lipinski definition) is 2. The molecule has 0 aliphatic carbocycles. The molecule has 168 valence electrons. The highest BCUT2D eigenvalue weighted by Gasteiger charge is 2.23. The Morgan fingerprint density at radius 2 is 1.85 bits per heavy atom. The van der Waals surface area contributed by atoms with Crippen LogP contribution in [0.5, 0.6) is 5.75 Å². The third-order valence-corrected chi connectivity index (χ3v) is 6.83. The van der Waals surface area contributed by atoms with Crippen LogP contribution in [0.4, 0.5) is 10.8 Å². The SMILES string of the molecule is CCOc1ccc2nc(NC(=O)C(Sc3cccc(NC(C)=O)c3)c3ccccc3)sc2c1. The fraction of sp³-hybridized carbons (Fsp3) is 0.160. The van der Waals surface area contributed by atoms with E-state index < -0.39 is 5.25 Å². The molecule has 0 aliphatic heterocycles. The van der Waals surface area contributed by atoms with Gasteiger partial charge < -0.3 is 15.4 Å². The first-order valence-electron chi connectivity index (χ1n) is 10.5. The normalized spacial score (nSPS) is 11.7. The summed E-state index contributed by atoms with van der Waals surface area (Å²) in [5.74, 6) is 0.473. The van der Waals surface area contributed by atoms with Crippen molar-refractivity contribution in [3.05, 3.63) is 78.4 Å². The Labute approximate surface area is 200 Å². The topological polar surface area (TPSA) is 80.3 Å². The third-order valence-electron chi connectivity index (χ3n) is 4.65. The van der Waals surface area contributed by atoms with E-state index in [9.17, 15) is 9.59 Å². The minimum Gasteiger partial charge on any atom is -0.494 e. The first-order valence-corrected chi connectivity index (χ1v) is 12.1. The molecule has 1 aromatic heterocycles. The Morgan fingerprint density at radius 1 is 1.03 bits per heavy atom. The summed E-state index contributed by atoms with van der Waals surface area (Å²) in [7, 11) is 0. The van der Waals surface area contributed by atoms with Gasteiger partial charge in [0.1, 0.15) is 11.0 Å². The van der Waals surface area contributed by atoms with Crippen molar-refractivity contribution in [1.82, 2.24) is 4.98 Å². The van der Waals surface area contributed by atoms with Crippen LogP contribution in [0.1, 0.15) is 24.7 Å². The van der Waals surface area contributed by atoms with Gasteiger partial charge in [-0.2, -0.15) is 0 Å². The van der Waals surface area contributed by atoms with Gasteiger partial charge in [0.25, 0.3) is 0 Å². The lowest BCUT2D eigenvalue weighted by molar-refractivity contribution is -0.116. The Balaban J connectivity index is 1.58. The van der Waals surface area contributed by atoms with Crippen molar-refractivity contribution < 1.29 is 14.3 Å². The van der Waals surface area contributed by atoms with E-state index in [0.717, 1.165) is 26.4 Å². The van der Waals surface area contributed by atoms with Crippen LogP contribution in [0.15, 0.2) is 77.7 Å². The molecule has 0 aliphatic rings. The van der Waals surface area contributed by atoms with Crippen LogP contribution in [-0.4, -0.2) is 23.4 Å². The predicted molar refractivity (Wildman–Crippen MR) is 135 cm³/mol. The summed E-state index contributed by atoms with van der Waals surface area (Å²) in [5.41, 5.74) is 2.38. The van der Waals surface area contributed by atoms with Gasteiger partial charge in [-0.15, -0.1) is 11.8 Å². The molecule has 6 nitrogen and oxygen atoms in total. The van der Waals surface area contributed by atoms with Gasteiger partial charge in [-0.25, -0.2) is 4.98 Å². The van der Waals surface area contributed by atoms with E-state index in [0.29, 0.717) is 17.4 Å². The van der Waals surface area contributed by atoms with Crippen LogP contribution in [0, 0.1) is 0 Å². The molecule has 8 heteroatoms. The van der Waals surface area contributed by atoms with Crippen molar-refractivity contribution >= 4 is 55.9 Å². The average Bonchev–Trinajstić information content (AvgIpc) is 3.19. The van der Waals surface area contributed by atoms with Gasteiger partial charge in [0.15, 0.2) is 5.13 Å². The van der Waals surface area contributed by atoms with Gasteiger partial charge in [-0.3, -0.25) is 9.59 Å². The molecule has 0 bridgehead atoms. The Bertz CT molecular complexity index is 1270. The van der Waals surface area contributed by atoms with Gasteiger partial charge in [0.2, 0.25) is 11.8 Å². The number of thioether (sulfide) groups is 1. The van der Waals surface area contributed by atoms with Crippen molar-refractivity contribution in [2.75, 3.05) is 17.2 Å². The molecule has 1 unspecified atom stereocenters. The van der Waals surface area contributed by atoms with Gasteiger partial charge in [0, 0.05) is 17.5 Å². The molecular formula is C25H23N3O3S2. The van der Waals surface area contributed by atoms with Crippen LogP contribution >= 0.6 is 23.1 Å². The van der Waals surface area contributed by atoms with Crippen molar-refractivity contribution in [3.63, 3.8) is 0 Å². The molecule has 1 atom stereocenters. The number of ether oxygens (including phenoxy) is 1. The van der Waals surface area contributed by atoms with Crippen molar-refractivity contribution in [3.8, 4) is 5.75 Å². The fourth-order valence-electron chi connectivity index (χ4n) is 3.27. The minimum atomic E-state index is -0.496. The lowest BCUT2D eigenvalue weighted by Crippen LogP contribution is -2.19. The first-order chi connectivity index (χ1) is 16.0. The number of thiazole rings is 1. The summed E-state index contributed by atoms with van der Waals surface area (Å²) in [5, 5.41) is 5.81. The summed E-state index contributed by atoms with van der Waals surface area (Å²) < 4.78 is 6.51. The molecule has 3 aromatic carbocycles. The number of anilines is 2. The van der Waals surface area contributed by atoms with Crippen LogP contribution in [0.2, 0.25) is 0 Å². The maximum atomic E-state index is 13.4. The van der Waals surface area contributed by atoms with E-state index in [1.807, 2.05) is 79.7 Å². The number of hydrogen-bond acceptors (Lipinski definition) is 6. The molecule has 33 heavy (non-hydrogen) atoms. The lowest BCUT2D eigenvalue weighted by Gasteiger charge is -2.16. The number of aromatic nitrogens is 1. The highest BCUT2D eigenvalue weighted by molar-refractivity contribution is 8.00. The number of nitrogens with one attached hydrogen (secondary N) is 2. The lowest BCUT2D eigenvalue weighted by atomic mass is 10.1. The molecule has 0 saturated heterocycles. The molecule has 4 rings (SSSR count). The van der Waals surface area contributed by atoms with Crippen molar-refractivity contribution in [1.29, 1.82) is 0 Å². The van der Waals surface area contributed by atoms with Crippen LogP contribution < -0.4 is 15.4 Å².